The van der Waals surface area contributed by atoms with E-state index in [9.17, 15) is 15.3 Å². The third-order valence-corrected chi connectivity index (χ3v) is 3.89. The molecule has 0 unspecified atom stereocenters. The van der Waals surface area contributed by atoms with Crippen LogP contribution in [0, 0.1) is 22.7 Å². The fourth-order valence-corrected chi connectivity index (χ4v) is 2.85. The Labute approximate surface area is 154 Å². The standard InChI is InChI=1S/C16H16N6O3S/c1-16(2,3)22-14(23)25-15-20-7-10(26-15)11-8(5-17)12(19)21-13(24-4)9(11)6-18/h7H,1-4H3,(H2,19,21)(H,22,23). The number of carbonyl (C=O) groups excluding carboxylic acids is 1. The third-order valence-electron chi connectivity index (χ3n) is 3.00. The molecule has 1 amide bonds. The van der Waals surface area contributed by atoms with Gasteiger partial charge in [-0.3, -0.25) is 0 Å². The highest BCUT2D eigenvalue weighted by atomic mass is 32.1. The van der Waals surface area contributed by atoms with Crippen LogP contribution in [0.25, 0.3) is 10.4 Å². The molecule has 3 N–H and O–H groups in total. The Morgan fingerprint density at radius 2 is 1.96 bits per heavy atom. The maximum Gasteiger partial charge on any atom is 0.414 e. The fraction of sp³-hybridized carbons (Fsp3) is 0.312. The van der Waals surface area contributed by atoms with E-state index in [2.05, 4.69) is 15.3 Å². The van der Waals surface area contributed by atoms with E-state index in [1.807, 2.05) is 32.9 Å². The summed E-state index contributed by atoms with van der Waals surface area (Å²) < 4.78 is 10.2. The number of hydrogen-bond acceptors (Lipinski definition) is 9. The molecule has 0 aliphatic carbocycles. The normalized spacial score (nSPS) is 10.5. The van der Waals surface area contributed by atoms with Crippen molar-refractivity contribution in [2.24, 2.45) is 0 Å². The molecule has 2 aromatic rings. The second-order valence-electron chi connectivity index (χ2n) is 6.11. The van der Waals surface area contributed by atoms with Crippen LogP contribution in [-0.2, 0) is 0 Å². The molecule has 0 aliphatic heterocycles. The largest absolute Gasteiger partial charge is 0.480 e. The number of anilines is 1. The van der Waals surface area contributed by atoms with Gasteiger partial charge in [0.1, 0.15) is 29.1 Å². The van der Waals surface area contributed by atoms with Gasteiger partial charge in [-0.1, -0.05) is 11.3 Å². The zero-order valence-corrected chi connectivity index (χ0v) is 15.4. The number of methoxy groups -OCH3 is 1. The van der Waals surface area contributed by atoms with Crippen LogP contribution in [0.1, 0.15) is 31.9 Å². The minimum Gasteiger partial charge on any atom is -0.480 e. The summed E-state index contributed by atoms with van der Waals surface area (Å²) in [5.41, 5.74) is 5.64. The number of thiazole rings is 1. The summed E-state index contributed by atoms with van der Waals surface area (Å²) in [6, 6.07) is 3.90. The summed E-state index contributed by atoms with van der Waals surface area (Å²) >= 11 is 0.992. The van der Waals surface area contributed by atoms with Crippen molar-refractivity contribution in [3.63, 3.8) is 0 Å². The highest BCUT2D eigenvalue weighted by Gasteiger charge is 2.23. The molecule has 0 bridgehead atoms. The number of nitrogens with one attached hydrogen (secondary N) is 1. The maximum absolute atomic E-state index is 11.9. The molecule has 0 spiro atoms. The highest BCUT2D eigenvalue weighted by Crippen LogP contribution is 2.39. The summed E-state index contributed by atoms with van der Waals surface area (Å²) in [4.78, 5) is 20.2. The fourth-order valence-electron chi connectivity index (χ4n) is 2.02. The summed E-state index contributed by atoms with van der Waals surface area (Å²) in [5, 5.41) is 21.5. The molecule has 9 nitrogen and oxygen atoms in total. The van der Waals surface area contributed by atoms with Gasteiger partial charge in [-0.25, -0.2) is 9.78 Å². The molecule has 0 radical (unpaired) electrons. The summed E-state index contributed by atoms with van der Waals surface area (Å²) in [7, 11) is 1.34. The molecule has 0 fully saturated rings. The van der Waals surface area contributed by atoms with Gasteiger partial charge in [-0.15, -0.1) is 0 Å². The van der Waals surface area contributed by atoms with E-state index < -0.39 is 11.6 Å². The SMILES string of the molecule is COc1nc(N)c(C#N)c(-c2cnc(OC(=O)NC(C)(C)C)s2)c1C#N. The van der Waals surface area contributed by atoms with E-state index in [1.54, 1.807) is 0 Å². The molecular formula is C16H16N6O3S. The number of aromatic nitrogens is 2. The highest BCUT2D eigenvalue weighted by molar-refractivity contribution is 7.16. The van der Waals surface area contributed by atoms with E-state index in [4.69, 9.17) is 15.2 Å². The molecule has 0 atom stereocenters. The van der Waals surface area contributed by atoms with Crippen molar-refractivity contribution in [3.05, 3.63) is 17.3 Å². The minimum absolute atomic E-state index is 0.000319. The van der Waals surface area contributed by atoms with Crippen LogP contribution in [0.5, 0.6) is 11.1 Å². The van der Waals surface area contributed by atoms with Gasteiger partial charge in [0, 0.05) is 17.3 Å². The van der Waals surface area contributed by atoms with E-state index >= 15 is 0 Å². The first-order valence-corrected chi connectivity index (χ1v) is 8.15. The lowest BCUT2D eigenvalue weighted by Gasteiger charge is -2.18. The molecule has 0 aromatic carbocycles. The number of carbonyl (C=O) groups is 1. The topological polar surface area (TPSA) is 147 Å². The van der Waals surface area contributed by atoms with Crippen LogP contribution >= 0.6 is 11.3 Å². The van der Waals surface area contributed by atoms with E-state index in [0.29, 0.717) is 4.88 Å². The van der Waals surface area contributed by atoms with Gasteiger partial charge in [0.25, 0.3) is 5.19 Å². The van der Waals surface area contributed by atoms with Crippen molar-refractivity contribution in [1.29, 1.82) is 10.5 Å². The summed E-state index contributed by atoms with van der Waals surface area (Å²) in [5.74, 6) is -0.0694. The number of nitrogen functional groups attached to an aromatic ring is 1. The monoisotopic (exact) mass is 372 g/mol. The molecule has 26 heavy (non-hydrogen) atoms. The van der Waals surface area contributed by atoms with Crippen molar-refractivity contribution in [2.45, 2.75) is 26.3 Å². The van der Waals surface area contributed by atoms with Gasteiger partial charge in [-0.2, -0.15) is 15.5 Å². The predicted octanol–water partition coefficient (Wildman–Crippen LogP) is 2.43. The Morgan fingerprint density at radius 3 is 2.50 bits per heavy atom. The predicted molar refractivity (Wildman–Crippen MR) is 94.7 cm³/mol. The third kappa shape index (κ3) is 3.99. The molecule has 10 heteroatoms. The average molecular weight is 372 g/mol. The lowest BCUT2D eigenvalue weighted by molar-refractivity contribution is 0.190. The van der Waals surface area contributed by atoms with E-state index in [0.717, 1.165) is 11.3 Å². The quantitative estimate of drug-likeness (QED) is 0.835. The second-order valence-corrected chi connectivity index (χ2v) is 7.10. The van der Waals surface area contributed by atoms with Crippen LogP contribution in [0.3, 0.4) is 0 Å². The van der Waals surface area contributed by atoms with Crippen LogP contribution in [0.2, 0.25) is 0 Å². The van der Waals surface area contributed by atoms with Crippen molar-refractivity contribution in [3.8, 4) is 33.7 Å². The Bertz CT molecular complexity index is 933. The van der Waals surface area contributed by atoms with Gasteiger partial charge in [-0.05, 0) is 20.8 Å². The van der Waals surface area contributed by atoms with Gasteiger partial charge in [0.05, 0.1) is 12.0 Å². The van der Waals surface area contributed by atoms with E-state index in [1.165, 1.54) is 13.3 Å². The number of nitriles is 2. The zero-order chi connectivity index (χ0) is 19.5. The number of hydrogen-bond donors (Lipinski definition) is 2. The van der Waals surface area contributed by atoms with Crippen molar-refractivity contribution in [2.75, 3.05) is 12.8 Å². The number of rotatable bonds is 3. The summed E-state index contributed by atoms with van der Waals surface area (Å²) in [6.45, 7) is 5.43. The van der Waals surface area contributed by atoms with Gasteiger partial charge >= 0.3 is 6.09 Å². The molecule has 0 saturated carbocycles. The first kappa shape index (κ1) is 19.0. The average Bonchev–Trinajstić information content (AvgIpc) is 2.99. The minimum atomic E-state index is -0.661. The molecule has 2 rings (SSSR count). The van der Waals surface area contributed by atoms with E-state index in [-0.39, 0.29) is 33.6 Å². The van der Waals surface area contributed by atoms with Crippen LogP contribution < -0.4 is 20.5 Å². The molecule has 2 heterocycles. The number of amides is 1. The maximum atomic E-state index is 11.9. The molecule has 0 saturated heterocycles. The van der Waals surface area contributed by atoms with Crippen LogP contribution in [-0.4, -0.2) is 28.7 Å². The number of ether oxygens (including phenoxy) is 2. The number of nitrogens with two attached hydrogens (primary N) is 1. The first-order valence-electron chi connectivity index (χ1n) is 7.34. The van der Waals surface area contributed by atoms with Gasteiger partial charge < -0.3 is 20.5 Å². The van der Waals surface area contributed by atoms with Crippen molar-refractivity contribution in [1.82, 2.24) is 15.3 Å². The first-order chi connectivity index (χ1) is 12.2. The Kier molecular flexibility index (Phi) is 5.29. The lowest BCUT2D eigenvalue weighted by Crippen LogP contribution is -2.42. The molecule has 2 aromatic heterocycles. The molecule has 134 valence electrons. The summed E-state index contributed by atoms with van der Waals surface area (Å²) in [6.07, 6.45) is 0.728. The Hall–Kier alpha value is -3.37. The van der Waals surface area contributed by atoms with Gasteiger partial charge in [0.15, 0.2) is 0 Å². The van der Waals surface area contributed by atoms with Crippen molar-refractivity contribution >= 4 is 23.2 Å². The Morgan fingerprint density at radius 1 is 1.31 bits per heavy atom. The van der Waals surface area contributed by atoms with Crippen LogP contribution in [0.15, 0.2) is 6.20 Å². The molecular weight excluding hydrogens is 356 g/mol. The van der Waals surface area contributed by atoms with Crippen molar-refractivity contribution < 1.29 is 14.3 Å². The second kappa shape index (κ2) is 7.25. The number of nitrogens with zero attached hydrogens (tertiary/aromatic N) is 4. The lowest BCUT2D eigenvalue weighted by atomic mass is 10.0. The zero-order valence-electron chi connectivity index (χ0n) is 14.6. The number of pyridine rings is 1. The smallest absolute Gasteiger partial charge is 0.414 e. The Balaban J connectivity index is 2.46. The molecule has 0 aliphatic rings. The van der Waals surface area contributed by atoms with Crippen LogP contribution in [0.4, 0.5) is 10.6 Å². The van der Waals surface area contributed by atoms with Gasteiger partial charge in [0.2, 0.25) is 5.88 Å².